The van der Waals surface area contributed by atoms with Gasteiger partial charge in [-0.1, -0.05) is 36.4 Å². The molecular formula is C24H28N2O5. The van der Waals surface area contributed by atoms with Crippen LogP contribution in [-0.2, 0) is 0 Å². The maximum atomic E-state index is 10.3. The minimum Gasteiger partial charge on any atom is -0.493 e. The highest BCUT2D eigenvalue weighted by Gasteiger charge is 2.11. The Kier molecular flexibility index (Phi) is 7.72. The van der Waals surface area contributed by atoms with Gasteiger partial charge in [-0.15, -0.1) is 0 Å². The second-order valence-electron chi connectivity index (χ2n) is 7.02. The molecule has 164 valence electrons. The van der Waals surface area contributed by atoms with Crippen molar-refractivity contribution in [2.24, 2.45) is 0 Å². The van der Waals surface area contributed by atoms with Gasteiger partial charge in [0.05, 0.1) is 12.6 Å². The molecule has 1 unspecified atom stereocenters. The molecule has 0 fully saturated rings. The van der Waals surface area contributed by atoms with Crippen molar-refractivity contribution in [3.05, 3.63) is 66.7 Å². The van der Waals surface area contributed by atoms with Crippen molar-refractivity contribution in [2.75, 3.05) is 33.4 Å². The van der Waals surface area contributed by atoms with Crippen LogP contribution in [-0.4, -0.2) is 55.1 Å². The zero-order valence-corrected chi connectivity index (χ0v) is 17.4. The van der Waals surface area contributed by atoms with E-state index in [4.69, 9.17) is 14.2 Å². The van der Waals surface area contributed by atoms with Crippen LogP contribution in [0.25, 0.3) is 21.8 Å². The predicted molar refractivity (Wildman–Crippen MR) is 122 cm³/mol. The fraction of sp³-hybridized carbons (Fsp3) is 0.250. The van der Waals surface area contributed by atoms with Gasteiger partial charge in [0.2, 0.25) is 0 Å². The van der Waals surface area contributed by atoms with E-state index >= 15 is 0 Å². The first kappa shape index (κ1) is 22.4. The lowest BCUT2D eigenvalue weighted by Crippen LogP contribution is -2.33. The van der Waals surface area contributed by atoms with Crippen LogP contribution in [0.4, 0.5) is 0 Å². The molecule has 0 amide bonds. The molecule has 1 atom stereocenters. The molecule has 0 aliphatic carbocycles. The lowest BCUT2D eigenvalue weighted by Gasteiger charge is -2.15. The Balaban J connectivity index is 0.00000272. The predicted octanol–water partition coefficient (Wildman–Crippen LogP) is 2.91. The van der Waals surface area contributed by atoms with Crippen LogP contribution in [0.5, 0.6) is 17.2 Å². The highest BCUT2D eigenvalue weighted by molar-refractivity contribution is 6.10. The van der Waals surface area contributed by atoms with Gasteiger partial charge >= 0.3 is 0 Å². The Labute approximate surface area is 180 Å². The number of fused-ring (bicyclic) bond motifs is 3. The lowest BCUT2D eigenvalue weighted by atomic mass is 10.1. The number of ether oxygens (including phenoxy) is 3. The minimum atomic E-state index is -0.628. The Morgan fingerprint density at radius 1 is 0.871 bits per heavy atom. The van der Waals surface area contributed by atoms with E-state index < -0.39 is 6.10 Å². The largest absolute Gasteiger partial charge is 0.493 e. The SMILES string of the molecule is COc1ccccc1OCCNCC(O)COc1cccc2[nH]c3ccccc3c12.O. The number of para-hydroxylation sites is 3. The van der Waals surface area contributed by atoms with Crippen LogP contribution >= 0.6 is 0 Å². The van der Waals surface area contributed by atoms with E-state index in [0.29, 0.717) is 31.2 Å². The van der Waals surface area contributed by atoms with Gasteiger partial charge in [0, 0.05) is 29.4 Å². The van der Waals surface area contributed by atoms with E-state index in [0.717, 1.165) is 27.6 Å². The molecule has 3 aromatic carbocycles. The molecule has 5 N–H and O–H groups in total. The molecule has 0 spiro atoms. The van der Waals surface area contributed by atoms with Crippen molar-refractivity contribution >= 4 is 21.8 Å². The third kappa shape index (κ3) is 5.27. The Bertz CT molecular complexity index is 1110. The number of aliphatic hydroxyl groups excluding tert-OH is 1. The summed E-state index contributed by atoms with van der Waals surface area (Å²) in [5, 5.41) is 15.6. The fourth-order valence-corrected chi connectivity index (χ4v) is 3.47. The molecule has 1 aromatic heterocycles. The topological polar surface area (TPSA) is 107 Å². The van der Waals surface area contributed by atoms with Gasteiger partial charge in [0.1, 0.15) is 25.1 Å². The number of methoxy groups -OCH3 is 1. The lowest BCUT2D eigenvalue weighted by molar-refractivity contribution is 0.106. The summed E-state index contributed by atoms with van der Waals surface area (Å²) < 4.78 is 16.9. The molecule has 0 saturated heterocycles. The number of aromatic amines is 1. The number of benzene rings is 3. The summed E-state index contributed by atoms with van der Waals surface area (Å²) in [5.74, 6) is 2.18. The molecule has 4 rings (SSSR count). The summed E-state index contributed by atoms with van der Waals surface area (Å²) in [6.45, 7) is 1.70. The van der Waals surface area contributed by atoms with Crippen LogP contribution in [0.1, 0.15) is 0 Å². The summed E-state index contributed by atoms with van der Waals surface area (Å²) in [6, 6.07) is 21.6. The van der Waals surface area contributed by atoms with E-state index in [9.17, 15) is 5.11 Å². The van der Waals surface area contributed by atoms with E-state index in [2.05, 4.69) is 16.4 Å². The summed E-state index contributed by atoms with van der Waals surface area (Å²) in [7, 11) is 1.62. The van der Waals surface area contributed by atoms with Gasteiger partial charge in [-0.2, -0.15) is 0 Å². The van der Waals surface area contributed by atoms with Crippen LogP contribution in [0.15, 0.2) is 66.7 Å². The molecule has 0 saturated carbocycles. The number of hydrogen-bond donors (Lipinski definition) is 3. The summed E-state index contributed by atoms with van der Waals surface area (Å²) in [4.78, 5) is 3.40. The molecular weight excluding hydrogens is 396 g/mol. The normalized spacial score (nSPS) is 11.8. The molecule has 0 aliphatic heterocycles. The third-order valence-electron chi connectivity index (χ3n) is 4.91. The van der Waals surface area contributed by atoms with Gasteiger partial charge in [-0.05, 0) is 30.3 Å². The Morgan fingerprint density at radius 3 is 2.42 bits per heavy atom. The van der Waals surface area contributed by atoms with Gasteiger partial charge in [-0.3, -0.25) is 0 Å². The number of hydrogen-bond acceptors (Lipinski definition) is 5. The van der Waals surface area contributed by atoms with Crippen molar-refractivity contribution in [3.63, 3.8) is 0 Å². The molecule has 7 nitrogen and oxygen atoms in total. The number of rotatable bonds is 10. The van der Waals surface area contributed by atoms with E-state index in [1.807, 2.05) is 60.7 Å². The first-order valence-corrected chi connectivity index (χ1v) is 10.0. The van der Waals surface area contributed by atoms with Crippen molar-refractivity contribution in [2.45, 2.75) is 6.10 Å². The van der Waals surface area contributed by atoms with Crippen molar-refractivity contribution in [3.8, 4) is 17.2 Å². The molecule has 31 heavy (non-hydrogen) atoms. The molecule has 0 aliphatic rings. The number of H-pyrrole nitrogens is 1. The van der Waals surface area contributed by atoms with Crippen molar-refractivity contribution < 1.29 is 24.8 Å². The monoisotopic (exact) mass is 424 g/mol. The third-order valence-corrected chi connectivity index (χ3v) is 4.91. The average molecular weight is 424 g/mol. The van der Waals surface area contributed by atoms with Crippen LogP contribution in [0, 0.1) is 0 Å². The highest BCUT2D eigenvalue weighted by Crippen LogP contribution is 2.33. The van der Waals surface area contributed by atoms with Crippen molar-refractivity contribution in [1.82, 2.24) is 10.3 Å². The molecule has 4 aromatic rings. The van der Waals surface area contributed by atoms with Crippen LogP contribution < -0.4 is 19.5 Å². The van der Waals surface area contributed by atoms with E-state index in [1.54, 1.807) is 7.11 Å². The number of nitrogens with one attached hydrogen (secondary N) is 2. The van der Waals surface area contributed by atoms with Gasteiger partial charge in [-0.25, -0.2) is 0 Å². The second kappa shape index (κ2) is 10.7. The fourth-order valence-electron chi connectivity index (χ4n) is 3.47. The molecule has 1 heterocycles. The summed E-state index contributed by atoms with van der Waals surface area (Å²) in [5.41, 5.74) is 2.09. The molecule has 0 radical (unpaired) electrons. The first-order valence-electron chi connectivity index (χ1n) is 10.0. The second-order valence-corrected chi connectivity index (χ2v) is 7.02. The zero-order chi connectivity index (χ0) is 20.8. The average Bonchev–Trinajstić information content (AvgIpc) is 3.17. The van der Waals surface area contributed by atoms with Crippen LogP contribution in [0.2, 0.25) is 0 Å². The number of aromatic nitrogens is 1. The zero-order valence-electron chi connectivity index (χ0n) is 17.4. The van der Waals surface area contributed by atoms with Gasteiger partial charge < -0.3 is 35.1 Å². The van der Waals surface area contributed by atoms with Gasteiger partial charge in [0.25, 0.3) is 0 Å². The minimum absolute atomic E-state index is 0. The number of aliphatic hydroxyl groups is 1. The summed E-state index contributed by atoms with van der Waals surface area (Å²) >= 11 is 0. The Morgan fingerprint density at radius 2 is 1.58 bits per heavy atom. The smallest absolute Gasteiger partial charge is 0.161 e. The standard InChI is InChI=1S/C24H26N2O4.H2O/c1-28-21-10-4-5-11-22(21)29-14-13-25-15-17(27)16-30-23-12-6-9-20-24(23)18-7-2-3-8-19(18)26-20;/h2-12,17,25-27H,13-16H2,1H3;1H2. The van der Waals surface area contributed by atoms with Crippen molar-refractivity contribution in [1.29, 1.82) is 0 Å². The maximum Gasteiger partial charge on any atom is 0.161 e. The summed E-state index contributed by atoms with van der Waals surface area (Å²) in [6.07, 6.45) is -0.628. The Hall–Kier alpha value is -3.26. The first-order chi connectivity index (χ1) is 14.8. The molecule has 0 bridgehead atoms. The quantitative estimate of drug-likeness (QED) is 0.339. The van der Waals surface area contributed by atoms with E-state index in [1.165, 1.54) is 0 Å². The highest BCUT2D eigenvalue weighted by atomic mass is 16.5. The van der Waals surface area contributed by atoms with Crippen LogP contribution in [0.3, 0.4) is 0 Å². The maximum absolute atomic E-state index is 10.3. The van der Waals surface area contributed by atoms with E-state index in [-0.39, 0.29) is 12.1 Å². The van der Waals surface area contributed by atoms with Gasteiger partial charge in [0.15, 0.2) is 11.5 Å². The molecule has 7 heteroatoms.